The molecule has 0 aliphatic rings. The molecule has 3 aromatic carbocycles. The van der Waals surface area contributed by atoms with Crippen LogP contribution in [0.1, 0.15) is 24.4 Å². The summed E-state index contributed by atoms with van der Waals surface area (Å²) < 4.78 is 6.86. The van der Waals surface area contributed by atoms with Crippen LogP contribution >= 0.6 is 11.3 Å². The highest BCUT2D eigenvalue weighted by atomic mass is 32.1. The average molecular weight is 431 g/mol. The zero-order chi connectivity index (χ0) is 21.8. The highest BCUT2D eigenvalue weighted by molar-refractivity contribution is 7.18. The van der Waals surface area contributed by atoms with E-state index in [1.54, 1.807) is 35.6 Å². The van der Waals surface area contributed by atoms with E-state index in [4.69, 9.17) is 9.72 Å². The van der Waals surface area contributed by atoms with Crippen molar-refractivity contribution in [1.82, 2.24) is 4.98 Å². The lowest BCUT2D eigenvalue weighted by Gasteiger charge is -2.27. The molecule has 1 heterocycles. The number of aromatic nitrogens is 1. The van der Waals surface area contributed by atoms with Gasteiger partial charge in [0.25, 0.3) is 0 Å². The van der Waals surface area contributed by atoms with Crippen LogP contribution in [0.5, 0.6) is 5.75 Å². The molecule has 1 aromatic heterocycles. The van der Waals surface area contributed by atoms with Crippen molar-refractivity contribution in [3.05, 3.63) is 89.4 Å². The number of hydrogen-bond donors (Lipinski definition) is 1. The van der Waals surface area contributed by atoms with Gasteiger partial charge in [-0.3, -0.25) is 9.59 Å². The maximum atomic E-state index is 13.4. The molecule has 0 saturated carbocycles. The quantitative estimate of drug-likeness (QED) is 0.330. The lowest BCUT2D eigenvalue weighted by molar-refractivity contribution is -0.140. The number of benzene rings is 3. The second kappa shape index (κ2) is 8.70. The lowest BCUT2D eigenvalue weighted by atomic mass is 9.79. The van der Waals surface area contributed by atoms with Gasteiger partial charge in [0, 0.05) is 19.0 Å². The van der Waals surface area contributed by atoms with Crippen molar-refractivity contribution in [2.75, 3.05) is 5.32 Å². The van der Waals surface area contributed by atoms with Crippen molar-refractivity contribution < 1.29 is 14.3 Å². The SMILES string of the molecule is CC(=O)Nc1ccc(OC(=O)C(C)(Cc2nc3ccccc3s2)c2ccccc2)cc1. The number of thiazole rings is 1. The summed E-state index contributed by atoms with van der Waals surface area (Å²) in [5.74, 6) is -0.0898. The Kier molecular flexibility index (Phi) is 5.82. The van der Waals surface area contributed by atoms with Crippen LogP contribution in [0.15, 0.2) is 78.9 Å². The fourth-order valence-electron chi connectivity index (χ4n) is 3.43. The summed E-state index contributed by atoms with van der Waals surface area (Å²) in [7, 11) is 0. The standard InChI is InChI=1S/C25H22N2O3S/c1-17(28)26-19-12-14-20(15-13-19)30-24(29)25(2,18-8-4-3-5-9-18)16-23-27-21-10-6-7-11-22(21)31-23/h3-15H,16H2,1-2H3,(H,26,28). The molecule has 31 heavy (non-hydrogen) atoms. The van der Waals surface area contributed by atoms with Gasteiger partial charge in [0.1, 0.15) is 5.75 Å². The Morgan fingerprint density at radius 1 is 0.968 bits per heavy atom. The third kappa shape index (κ3) is 4.64. The molecule has 1 atom stereocenters. The summed E-state index contributed by atoms with van der Waals surface area (Å²) in [6, 6.07) is 24.4. The van der Waals surface area contributed by atoms with E-state index >= 15 is 0 Å². The predicted molar refractivity (Wildman–Crippen MR) is 123 cm³/mol. The fourth-order valence-corrected chi connectivity index (χ4v) is 4.55. The number of amides is 1. The van der Waals surface area contributed by atoms with Gasteiger partial charge in [-0.1, -0.05) is 42.5 Å². The van der Waals surface area contributed by atoms with Crippen LogP contribution in [0.4, 0.5) is 5.69 Å². The van der Waals surface area contributed by atoms with Gasteiger partial charge in [-0.25, -0.2) is 4.98 Å². The molecule has 6 heteroatoms. The molecular formula is C25H22N2O3S. The number of nitrogens with one attached hydrogen (secondary N) is 1. The zero-order valence-electron chi connectivity index (χ0n) is 17.3. The minimum Gasteiger partial charge on any atom is -0.426 e. The van der Waals surface area contributed by atoms with Crippen molar-refractivity contribution in [3.8, 4) is 5.75 Å². The molecule has 1 unspecified atom stereocenters. The third-order valence-electron chi connectivity index (χ3n) is 5.09. The van der Waals surface area contributed by atoms with E-state index in [1.807, 2.05) is 61.5 Å². The van der Waals surface area contributed by atoms with Gasteiger partial charge in [0.05, 0.1) is 20.6 Å². The lowest BCUT2D eigenvalue weighted by Crippen LogP contribution is -2.38. The van der Waals surface area contributed by atoms with Crippen LogP contribution in [-0.2, 0) is 21.4 Å². The average Bonchev–Trinajstić information content (AvgIpc) is 3.17. The van der Waals surface area contributed by atoms with Crippen LogP contribution < -0.4 is 10.1 Å². The number of fused-ring (bicyclic) bond motifs is 1. The van der Waals surface area contributed by atoms with Crippen molar-refractivity contribution >= 4 is 39.1 Å². The number of ether oxygens (including phenoxy) is 1. The van der Waals surface area contributed by atoms with Gasteiger partial charge in [0.2, 0.25) is 5.91 Å². The number of carbonyl (C=O) groups excluding carboxylic acids is 2. The van der Waals surface area contributed by atoms with Crippen LogP contribution in [0.25, 0.3) is 10.2 Å². The van der Waals surface area contributed by atoms with E-state index in [0.29, 0.717) is 17.9 Å². The van der Waals surface area contributed by atoms with E-state index in [2.05, 4.69) is 5.32 Å². The van der Waals surface area contributed by atoms with Gasteiger partial charge >= 0.3 is 5.97 Å². The summed E-state index contributed by atoms with van der Waals surface area (Å²) >= 11 is 1.59. The summed E-state index contributed by atoms with van der Waals surface area (Å²) in [4.78, 5) is 29.3. The smallest absolute Gasteiger partial charge is 0.322 e. The molecule has 0 radical (unpaired) electrons. The van der Waals surface area contributed by atoms with E-state index in [1.165, 1.54) is 6.92 Å². The van der Waals surface area contributed by atoms with E-state index < -0.39 is 5.41 Å². The maximum Gasteiger partial charge on any atom is 0.322 e. The topological polar surface area (TPSA) is 68.3 Å². The molecule has 1 N–H and O–H groups in total. The van der Waals surface area contributed by atoms with Gasteiger partial charge in [-0.2, -0.15) is 0 Å². The van der Waals surface area contributed by atoms with Crippen LogP contribution in [0.2, 0.25) is 0 Å². The molecular weight excluding hydrogens is 408 g/mol. The van der Waals surface area contributed by atoms with Crippen LogP contribution in [-0.4, -0.2) is 16.9 Å². The van der Waals surface area contributed by atoms with E-state index in [0.717, 1.165) is 20.8 Å². The van der Waals surface area contributed by atoms with E-state index in [9.17, 15) is 9.59 Å². The molecule has 4 aromatic rings. The van der Waals surface area contributed by atoms with Crippen molar-refractivity contribution in [2.45, 2.75) is 25.7 Å². The second-order valence-electron chi connectivity index (χ2n) is 7.55. The number of carbonyl (C=O) groups is 2. The van der Waals surface area contributed by atoms with Gasteiger partial charge in [-0.05, 0) is 48.9 Å². The monoisotopic (exact) mass is 430 g/mol. The van der Waals surface area contributed by atoms with Gasteiger partial charge < -0.3 is 10.1 Å². The Bertz CT molecular complexity index is 1190. The number of rotatable bonds is 6. The second-order valence-corrected chi connectivity index (χ2v) is 8.66. The molecule has 4 rings (SSSR count). The zero-order valence-corrected chi connectivity index (χ0v) is 18.1. The van der Waals surface area contributed by atoms with Crippen LogP contribution in [0.3, 0.4) is 0 Å². The summed E-state index contributed by atoms with van der Waals surface area (Å²) in [6.45, 7) is 3.34. The first kappa shape index (κ1) is 20.8. The van der Waals surface area contributed by atoms with Crippen molar-refractivity contribution in [3.63, 3.8) is 0 Å². The van der Waals surface area contributed by atoms with E-state index in [-0.39, 0.29) is 11.9 Å². The van der Waals surface area contributed by atoms with Crippen molar-refractivity contribution in [2.24, 2.45) is 0 Å². The summed E-state index contributed by atoms with van der Waals surface area (Å²) in [6.07, 6.45) is 0.430. The predicted octanol–water partition coefficient (Wildman–Crippen LogP) is 5.36. The van der Waals surface area contributed by atoms with Gasteiger partial charge in [0.15, 0.2) is 0 Å². The number of esters is 1. The first-order chi connectivity index (χ1) is 14.9. The number of para-hydroxylation sites is 1. The molecule has 0 spiro atoms. The highest BCUT2D eigenvalue weighted by Gasteiger charge is 2.38. The number of hydrogen-bond acceptors (Lipinski definition) is 5. The molecule has 5 nitrogen and oxygen atoms in total. The highest BCUT2D eigenvalue weighted by Crippen LogP contribution is 2.33. The number of nitrogens with zero attached hydrogens (tertiary/aromatic N) is 1. The Morgan fingerprint density at radius 3 is 2.32 bits per heavy atom. The minimum absolute atomic E-state index is 0.155. The molecule has 0 bridgehead atoms. The Hall–Kier alpha value is -3.51. The maximum absolute atomic E-state index is 13.4. The Morgan fingerprint density at radius 2 is 1.65 bits per heavy atom. The molecule has 0 aliphatic heterocycles. The summed E-state index contributed by atoms with van der Waals surface area (Å²) in [5, 5.41) is 3.58. The van der Waals surface area contributed by atoms with Crippen molar-refractivity contribution in [1.29, 1.82) is 0 Å². The molecule has 1 amide bonds. The normalized spacial score (nSPS) is 12.8. The third-order valence-corrected chi connectivity index (χ3v) is 6.13. The molecule has 0 saturated heterocycles. The van der Waals surface area contributed by atoms with Crippen LogP contribution in [0, 0.1) is 0 Å². The fraction of sp³-hybridized carbons (Fsp3) is 0.160. The Labute approximate surface area is 184 Å². The summed E-state index contributed by atoms with van der Waals surface area (Å²) in [5.41, 5.74) is 1.53. The molecule has 0 fully saturated rings. The largest absolute Gasteiger partial charge is 0.426 e. The number of anilines is 1. The van der Waals surface area contributed by atoms with Gasteiger partial charge in [-0.15, -0.1) is 11.3 Å². The molecule has 0 aliphatic carbocycles. The minimum atomic E-state index is -0.911. The first-order valence-corrected chi connectivity index (χ1v) is 10.8. The first-order valence-electron chi connectivity index (χ1n) is 9.94. The Balaban J connectivity index is 1.62. The molecule has 156 valence electrons.